The largest absolute Gasteiger partial charge is 0.456 e. The zero-order chi connectivity index (χ0) is 13.1. The van der Waals surface area contributed by atoms with Crippen molar-refractivity contribution < 1.29 is 9.53 Å². The van der Waals surface area contributed by atoms with E-state index in [0.29, 0.717) is 0 Å². The van der Waals surface area contributed by atoms with Crippen LogP contribution in [0.2, 0.25) is 0 Å². The molecule has 0 bridgehead atoms. The third kappa shape index (κ3) is 2.81. The van der Waals surface area contributed by atoms with Crippen LogP contribution in [0, 0.1) is 0 Å². The van der Waals surface area contributed by atoms with Gasteiger partial charge in [0.15, 0.2) is 0 Å². The van der Waals surface area contributed by atoms with Crippen molar-refractivity contribution >= 4 is 5.97 Å². The average Bonchev–Trinajstić information content (AvgIpc) is 2.48. The standard InChI is InChI=1S/C16H21NO2/c18-16(14-9-3-4-11-17-14)19-15-10-5-7-12-6-1-2-8-13(12)15/h1-2,6,8,14-15,17H,3-5,7,9-11H2/t14-,15?/m1/s1. The van der Waals surface area contributed by atoms with Gasteiger partial charge in [-0.2, -0.15) is 0 Å². The highest BCUT2D eigenvalue weighted by molar-refractivity contribution is 5.76. The molecule has 1 saturated heterocycles. The zero-order valence-electron chi connectivity index (χ0n) is 11.2. The van der Waals surface area contributed by atoms with Gasteiger partial charge in [-0.1, -0.05) is 30.7 Å². The summed E-state index contributed by atoms with van der Waals surface area (Å²) in [5.41, 5.74) is 2.54. The van der Waals surface area contributed by atoms with Gasteiger partial charge in [0.1, 0.15) is 12.1 Å². The second-order valence-electron chi connectivity index (χ2n) is 5.52. The summed E-state index contributed by atoms with van der Waals surface area (Å²) in [5, 5.41) is 3.26. The number of carbonyl (C=O) groups excluding carboxylic acids is 1. The minimum atomic E-state index is -0.0946. The molecule has 2 aliphatic rings. The van der Waals surface area contributed by atoms with Gasteiger partial charge in [0.05, 0.1) is 0 Å². The van der Waals surface area contributed by atoms with Crippen LogP contribution in [0.4, 0.5) is 0 Å². The van der Waals surface area contributed by atoms with Crippen LogP contribution in [0.5, 0.6) is 0 Å². The summed E-state index contributed by atoms with van der Waals surface area (Å²) in [6.45, 7) is 0.932. The third-order valence-corrected chi connectivity index (χ3v) is 4.17. The van der Waals surface area contributed by atoms with Crippen molar-refractivity contribution in [2.24, 2.45) is 0 Å². The lowest BCUT2D eigenvalue weighted by molar-refractivity contribution is -0.153. The molecule has 1 fully saturated rings. The van der Waals surface area contributed by atoms with E-state index < -0.39 is 0 Å². The Balaban J connectivity index is 1.68. The second-order valence-corrected chi connectivity index (χ2v) is 5.52. The van der Waals surface area contributed by atoms with Gasteiger partial charge in [-0.05, 0) is 49.8 Å². The quantitative estimate of drug-likeness (QED) is 0.830. The number of hydrogen-bond acceptors (Lipinski definition) is 3. The molecule has 1 aliphatic heterocycles. The minimum absolute atomic E-state index is 0.0406. The van der Waals surface area contributed by atoms with Gasteiger partial charge in [0.2, 0.25) is 0 Å². The molecule has 3 nitrogen and oxygen atoms in total. The first-order valence-electron chi connectivity index (χ1n) is 7.36. The highest BCUT2D eigenvalue weighted by Crippen LogP contribution is 2.32. The van der Waals surface area contributed by atoms with Crippen LogP contribution in [0.3, 0.4) is 0 Å². The number of carbonyl (C=O) groups is 1. The Labute approximate surface area is 114 Å². The van der Waals surface area contributed by atoms with E-state index >= 15 is 0 Å². The molecule has 0 saturated carbocycles. The van der Waals surface area contributed by atoms with Gasteiger partial charge in [-0.15, -0.1) is 0 Å². The van der Waals surface area contributed by atoms with Crippen LogP contribution in [-0.2, 0) is 16.0 Å². The molecule has 0 spiro atoms. The van der Waals surface area contributed by atoms with E-state index in [1.54, 1.807) is 0 Å². The van der Waals surface area contributed by atoms with Crippen molar-refractivity contribution in [1.29, 1.82) is 0 Å². The normalized spacial score (nSPS) is 26.5. The zero-order valence-corrected chi connectivity index (χ0v) is 11.2. The molecule has 102 valence electrons. The Kier molecular flexibility index (Phi) is 3.83. The van der Waals surface area contributed by atoms with E-state index in [2.05, 4.69) is 23.5 Å². The van der Waals surface area contributed by atoms with Crippen molar-refractivity contribution in [1.82, 2.24) is 5.32 Å². The Morgan fingerprint density at radius 1 is 1.16 bits per heavy atom. The predicted molar refractivity (Wildman–Crippen MR) is 73.9 cm³/mol. The Bertz CT molecular complexity index is 452. The van der Waals surface area contributed by atoms with Crippen LogP contribution < -0.4 is 5.32 Å². The van der Waals surface area contributed by atoms with Gasteiger partial charge in [-0.3, -0.25) is 4.79 Å². The third-order valence-electron chi connectivity index (χ3n) is 4.17. The molecule has 3 heteroatoms. The van der Waals surface area contributed by atoms with Gasteiger partial charge >= 0.3 is 5.97 Å². The molecular formula is C16H21NO2. The fourth-order valence-corrected chi connectivity index (χ4v) is 3.11. The minimum Gasteiger partial charge on any atom is -0.456 e. The van der Waals surface area contributed by atoms with E-state index in [-0.39, 0.29) is 18.1 Å². The van der Waals surface area contributed by atoms with Gasteiger partial charge in [0, 0.05) is 0 Å². The summed E-state index contributed by atoms with van der Waals surface area (Å²) in [5.74, 6) is -0.0681. The summed E-state index contributed by atoms with van der Waals surface area (Å²) >= 11 is 0. The molecule has 2 atom stereocenters. The number of fused-ring (bicyclic) bond motifs is 1. The number of nitrogens with one attached hydrogen (secondary N) is 1. The van der Waals surface area contributed by atoms with Crippen LogP contribution in [-0.4, -0.2) is 18.6 Å². The molecular weight excluding hydrogens is 238 g/mol. The van der Waals surface area contributed by atoms with Crippen molar-refractivity contribution in [2.75, 3.05) is 6.54 Å². The van der Waals surface area contributed by atoms with Crippen molar-refractivity contribution in [3.8, 4) is 0 Å². The van der Waals surface area contributed by atoms with E-state index in [0.717, 1.165) is 45.1 Å². The maximum absolute atomic E-state index is 12.2. The lowest BCUT2D eigenvalue weighted by Gasteiger charge is -2.28. The molecule has 1 unspecified atom stereocenters. The van der Waals surface area contributed by atoms with E-state index in [4.69, 9.17) is 4.74 Å². The van der Waals surface area contributed by atoms with Crippen molar-refractivity contribution in [2.45, 2.75) is 50.7 Å². The monoisotopic (exact) mass is 259 g/mol. The topological polar surface area (TPSA) is 38.3 Å². The molecule has 1 aromatic rings. The molecule has 1 heterocycles. The maximum atomic E-state index is 12.2. The molecule has 1 N–H and O–H groups in total. The Hall–Kier alpha value is -1.35. The molecule has 1 aliphatic carbocycles. The first-order valence-corrected chi connectivity index (χ1v) is 7.36. The van der Waals surface area contributed by atoms with Gasteiger partial charge < -0.3 is 10.1 Å². The van der Waals surface area contributed by atoms with Gasteiger partial charge in [-0.25, -0.2) is 0 Å². The molecule has 1 aromatic carbocycles. The average molecular weight is 259 g/mol. The smallest absolute Gasteiger partial charge is 0.323 e. The number of aryl methyl sites for hydroxylation is 1. The number of hydrogen-bond donors (Lipinski definition) is 1. The number of piperidine rings is 1. The number of esters is 1. The van der Waals surface area contributed by atoms with Gasteiger partial charge in [0.25, 0.3) is 0 Å². The molecule has 0 aromatic heterocycles. The first kappa shape index (κ1) is 12.7. The van der Waals surface area contributed by atoms with E-state index in [1.807, 2.05) is 6.07 Å². The fourth-order valence-electron chi connectivity index (χ4n) is 3.11. The predicted octanol–water partition coefficient (Wildman–Crippen LogP) is 2.75. The summed E-state index contributed by atoms with van der Waals surface area (Å²) in [4.78, 5) is 12.2. The van der Waals surface area contributed by atoms with Crippen molar-refractivity contribution in [3.05, 3.63) is 35.4 Å². The molecule has 0 radical (unpaired) electrons. The molecule has 0 amide bonds. The Morgan fingerprint density at radius 3 is 2.89 bits per heavy atom. The highest BCUT2D eigenvalue weighted by atomic mass is 16.5. The lowest BCUT2D eigenvalue weighted by atomic mass is 9.89. The van der Waals surface area contributed by atoms with Crippen LogP contribution in [0.15, 0.2) is 24.3 Å². The summed E-state index contributed by atoms with van der Waals surface area (Å²) < 4.78 is 5.76. The van der Waals surface area contributed by atoms with E-state index in [1.165, 1.54) is 11.1 Å². The Morgan fingerprint density at radius 2 is 2.05 bits per heavy atom. The fraction of sp³-hybridized carbons (Fsp3) is 0.562. The lowest BCUT2D eigenvalue weighted by Crippen LogP contribution is -2.42. The highest BCUT2D eigenvalue weighted by Gasteiger charge is 2.28. The van der Waals surface area contributed by atoms with Crippen LogP contribution in [0.25, 0.3) is 0 Å². The summed E-state index contributed by atoms with van der Waals surface area (Å²) in [6.07, 6.45) is 6.31. The number of rotatable bonds is 2. The SMILES string of the molecule is O=C(OC1CCCc2ccccc21)[C@H]1CCCCN1. The summed E-state index contributed by atoms with van der Waals surface area (Å²) in [7, 11) is 0. The second kappa shape index (κ2) is 5.74. The molecule has 19 heavy (non-hydrogen) atoms. The van der Waals surface area contributed by atoms with Crippen molar-refractivity contribution in [3.63, 3.8) is 0 Å². The number of benzene rings is 1. The van der Waals surface area contributed by atoms with E-state index in [9.17, 15) is 4.79 Å². The maximum Gasteiger partial charge on any atom is 0.323 e. The summed E-state index contributed by atoms with van der Waals surface area (Å²) in [6, 6.07) is 8.24. The molecule has 3 rings (SSSR count). The first-order chi connectivity index (χ1) is 9.34. The van der Waals surface area contributed by atoms with Crippen LogP contribution in [0.1, 0.15) is 49.3 Å². The number of ether oxygens (including phenoxy) is 1. The van der Waals surface area contributed by atoms with Crippen LogP contribution >= 0.6 is 0 Å².